The van der Waals surface area contributed by atoms with Crippen LogP contribution in [-0.2, 0) is 11.2 Å². The fraction of sp³-hybridized carbons (Fsp3) is 0.167. The number of anilines is 1. The van der Waals surface area contributed by atoms with Crippen LogP contribution in [0.25, 0.3) is 6.08 Å². The van der Waals surface area contributed by atoms with Gasteiger partial charge in [-0.05, 0) is 36.3 Å². The van der Waals surface area contributed by atoms with Crippen LogP contribution in [0.15, 0.2) is 53.4 Å². The van der Waals surface area contributed by atoms with Crippen LogP contribution in [0.1, 0.15) is 18.1 Å². The van der Waals surface area contributed by atoms with Crippen LogP contribution in [-0.4, -0.2) is 16.3 Å². The summed E-state index contributed by atoms with van der Waals surface area (Å²) < 4.78 is 0. The van der Waals surface area contributed by atoms with Crippen molar-refractivity contribution in [2.75, 3.05) is 5.32 Å². The van der Waals surface area contributed by atoms with Gasteiger partial charge in [-0.25, -0.2) is 0 Å². The molecule has 2 aromatic rings. The van der Waals surface area contributed by atoms with Gasteiger partial charge in [-0.15, -0.1) is 0 Å². The molecule has 1 aliphatic rings. The Bertz CT molecular complexity index is 834. The van der Waals surface area contributed by atoms with Gasteiger partial charge in [0.15, 0.2) is 5.50 Å². The number of carbonyl (C=O) groups excluding carboxylic acids is 1. The zero-order valence-electron chi connectivity index (χ0n) is 13.6. The van der Waals surface area contributed by atoms with Gasteiger partial charge in [0, 0.05) is 11.8 Å². The van der Waals surface area contributed by atoms with Gasteiger partial charge < -0.3 is 10.6 Å². The first-order chi connectivity index (χ1) is 12.1. The van der Waals surface area contributed by atoms with Crippen LogP contribution in [0.4, 0.5) is 11.4 Å². The number of hydrogen-bond donors (Lipinski definition) is 2. The number of amides is 1. The number of para-hydroxylation sites is 1. The molecular weight excluding hydrogens is 338 g/mol. The summed E-state index contributed by atoms with van der Waals surface area (Å²) in [7, 11) is 0. The van der Waals surface area contributed by atoms with Gasteiger partial charge in [-0.3, -0.25) is 14.9 Å². The number of nitrogens with one attached hydrogen (secondary N) is 2. The van der Waals surface area contributed by atoms with Gasteiger partial charge in [0.1, 0.15) is 0 Å². The lowest BCUT2D eigenvalue weighted by atomic mass is 10.1. The van der Waals surface area contributed by atoms with Crippen molar-refractivity contribution in [2.45, 2.75) is 18.8 Å². The van der Waals surface area contributed by atoms with E-state index in [0.717, 1.165) is 12.1 Å². The Hall–Kier alpha value is -2.80. The smallest absolute Gasteiger partial charge is 0.276 e. The van der Waals surface area contributed by atoms with E-state index in [0.29, 0.717) is 10.5 Å². The molecule has 1 aliphatic heterocycles. The van der Waals surface area contributed by atoms with Gasteiger partial charge in [0.05, 0.1) is 15.4 Å². The molecule has 0 aliphatic carbocycles. The van der Waals surface area contributed by atoms with Crippen molar-refractivity contribution < 1.29 is 9.72 Å². The van der Waals surface area contributed by atoms with E-state index in [1.54, 1.807) is 24.3 Å². The Morgan fingerprint density at radius 3 is 2.64 bits per heavy atom. The zero-order valence-corrected chi connectivity index (χ0v) is 14.4. The van der Waals surface area contributed by atoms with Gasteiger partial charge in [0.25, 0.3) is 11.6 Å². The lowest BCUT2D eigenvalue weighted by molar-refractivity contribution is -0.385. The van der Waals surface area contributed by atoms with E-state index in [9.17, 15) is 14.9 Å². The lowest BCUT2D eigenvalue weighted by Gasteiger charge is -2.12. The summed E-state index contributed by atoms with van der Waals surface area (Å²) in [6.07, 6.45) is 2.53. The normalized spacial score (nSPS) is 18.2. The SMILES string of the molecule is CCc1ccc(N[C@H]2NC(=O)/C(=C/c3ccccc3[N+](=O)[O-])S2)cc1. The molecule has 1 atom stereocenters. The van der Waals surface area contributed by atoms with Crippen LogP contribution in [0, 0.1) is 10.1 Å². The van der Waals surface area contributed by atoms with E-state index in [4.69, 9.17) is 0 Å². The maximum Gasteiger partial charge on any atom is 0.276 e. The number of rotatable bonds is 5. The molecule has 0 radical (unpaired) electrons. The van der Waals surface area contributed by atoms with E-state index in [2.05, 4.69) is 17.6 Å². The topological polar surface area (TPSA) is 84.3 Å². The minimum absolute atomic E-state index is 0.0186. The van der Waals surface area contributed by atoms with E-state index in [1.807, 2.05) is 24.3 Å². The Morgan fingerprint density at radius 2 is 1.96 bits per heavy atom. The fourth-order valence-electron chi connectivity index (χ4n) is 2.47. The molecule has 0 aromatic heterocycles. The second kappa shape index (κ2) is 7.40. The first-order valence-corrected chi connectivity index (χ1v) is 8.73. The second-order valence-corrected chi connectivity index (χ2v) is 6.64. The van der Waals surface area contributed by atoms with Gasteiger partial charge in [-0.2, -0.15) is 0 Å². The summed E-state index contributed by atoms with van der Waals surface area (Å²) in [5.41, 5.74) is 2.23. The van der Waals surface area contributed by atoms with Crippen molar-refractivity contribution in [3.63, 3.8) is 0 Å². The number of aryl methyl sites for hydroxylation is 1. The molecule has 2 N–H and O–H groups in total. The van der Waals surface area contributed by atoms with Crippen molar-refractivity contribution in [1.29, 1.82) is 0 Å². The van der Waals surface area contributed by atoms with Gasteiger partial charge in [0.2, 0.25) is 0 Å². The number of carbonyl (C=O) groups is 1. The minimum Gasteiger partial charge on any atom is -0.357 e. The third-order valence-electron chi connectivity index (χ3n) is 3.81. The highest BCUT2D eigenvalue weighted by molar-refractivity contribution is 8.05. The van der Waals surface area contributed by atoms with E-state index in [-0.39, 0.29) is 17.1 Å². The molecule has 0 saturated carbocycles. The minimum atomic E-state index is -0.449. The van der Waals surface area contributed by atoms with Gasteiger partial charge in [-0.1, -0.05) is 43.0 Å². The third kappa shape index (κ3) is 4.00. The molecule has 0 unspecified atom stereocenters. The standard InChI is InChI=1S/C18H17N3O3S/c1-2-12-7-9-14(10-8-12)19-18-20-17(22)16(25-18)11-13-5-3-4-6-15(13)21(23)24/h3-11,18-19H,2H2,1H3,(H,20,22)/b16-11-/t18-/m0/s1. The number of nitro groups is 1. The summed E-state index contributed by atoms with van der Waals surface area (Å²) in [5, 5.41) is 17.1. The van der Waals surface area contributed by atoms with Crippen molar-refractivity contribution in [3.8, 4) is 0 Å². The molecule has 1 saturated heterocycles. The highest BCUT2D eigenvalue weighted by Crippen LogP contribution is 2.32. The molecule has 128 valence electrons. The molecule has 1 heterocycles. The highest BCUT2D eigenvalue weighted by Gasteiger charge is 2.28. The Morgan fingerprint density at radius 1 is 1.24 bits per heavy atom. The van der Waals surface area contributed by atoms with Crippen molar-refractivity contribution in [3.05, 3.63) is 74.7 Å². The molecule has 2 aromatic carbocycles. The van der Waals surface area contributed by atoms with Crippen LogP contribution >= 0.6 is 11.8 Å². The molecule has 0 spiro atoms. The Labute approximate surface area is 149 Å². The van der Waals surface area contributed by atoms with E-state index in [1.165, 1.54) is 23.4 Å². The van der Waals surface area contributed by atoms with Crippen molar-refractivity contribution in [2.24, 2.45) is 0 Å². The maximum atomic E-state index is 12.2. The summed E-state index contributed by atoms with van der Waals surface area (Å²) in [4.78, 5) is 23.2. The summed E-state index contributed by atoms with van der Waals surface area (Å²) >= 11 is 1.31. The van der Waals surface area contributed by atoms with Crippen molar-refractivity contribution in [1.82, 2.24) is 5.32 Å². The number of hydrogen-bond acceptors (Lipinski definition) is 5. The predicted molar refractivity (Wildman–Crippen MR) is 100 cm³/mol. The van der Waals surface area contributed by atoms with E-state index >= 15 is 0 Å². The van der Waals surface area contributed by atoms with Gasteiger partial charge >= 0.3 is 0 Å². The molecule has 0 bridgehead atoms. The number of nitro benzene ring substituents is 1. The zero-order chi connectivity index (χ0) is 17.8. The molecule has 1 amide bonds. The largest absolute Gasteiger partial charge is 0.357 e. The number of thioether (sulfide) groups is 1. The third-order valence-corrected chi connectivity index (χ3v) is 4.84. The van der Waals surface area contributed by atoms with Crippen LogP contribution in [0.2, 0.25) is 0 Å². The van der Waals surface area contributed by atoms with Crippen molar-refractivity contribution >= 4 is 35.1 Å². The van der Waals surface area contributed by atoms with E-state index < -0.39 is 4.92 Å². The monoisotopic (exact) mass is 355 g/mol. The molecule has 7 heteroatoms. The average molecular weight is 355 g/mol. The average Bonchev–Trinajstić information content (AvgIpc) is 2.95. The summed E-state index contributed by atoms with van der Waals surface area (Å²) in [6.45, 7) is 2.09. The molecular formula is C18H17N3O3S. The molecule has 6 nitrogen and oxygen atoms in total. The first-order valence-electron chi connectivity index (χ1n) is 7.85. The number of nitrogens with zero attached hydrogens (tertiary/aromatic N) is 1. The molecule has 1 fully saturated rings. The van der Waals surface area contributed by atoms with Crippen LogP contribution < -0.4 is 10.6 Å². The Balaban J connectivity index is 1.75. The number of benzene rings is 2. The lowest BCUT2D eigenvalue weighted by Crippen LogP contribution is -2.30. The van der Waals surface area contributed by atoms with Crippen LogP contribution in [0.5, 0.6) is 0 Å². The highest BCUT2D eigenvalue weighted by atomic mass is 32.2. The maximum absolute atomic E-state index is 12.2. The van der Waals surface area contributed by atoms with Crippen LogP contribution in [0.3, 0.4) is 0 Å². The first kappa shape index (κ1) is 17.0. The second-order valence-electron chi connectivity index (χ2n) is 5.49. The fourth-order valence-corrected chi connectivity index (χ4v) is 3.45. The molecule has 25 heavy (non-hydrogen) atoms. The molecule has 3 rings (SSSR count). The summed E-state index contributed by atoms with van der Waals surface area (Å²) in [5.74, 6) is -0.245. The Kier molecular flexibility index (Phi) is 5.04. The summed E-state index contributed by atoms with van der Waals surface area (Å²) in [6, 6.07) is 14.4. The predicted octanol–water partition coefficient (Wildman–Crippen LogP) is 3.76. The quantitative estimate of drug-likeness (QED) is 0.485.